The lowest BCUT2D eigenvalue weighted by atomic mass is 10.1. The Balaban J connectivity index is 1.41. The van der Waals surface area contributed by atoms with Crippen LogP contribution in [0.5, 0.6) is 0 Å². The number of amides is 3. The molecule has 9 nitrogen and oxygen atoms in total. The molecule has 5 rings (SSSR count). The van der Waals surface area contributed by atoms with Crippen LogP contribution in [0.3, 0.4) is 0 Å². The van der Waals surface area contributed by atoms with E-state index < -0.39 is 17.5 Å². The second-order valence-corrected chi connectivity index (χ2v) is 9.76. The van der Waals surface area contributed by atoms with Crippen LogP contribution in [0.1, 0.15) is 37.5 Å². The zero-order valence-electron chi connectivity index (χ0n) is 21.9. The molecule has 0 bridgehead atoms. The molecule has 3 heterocycles. The Bertz CT molecular complexity index is 1380. The minimum absolute atomic E-state index is 0.0807. The number of carbonyl (C=O) groups is 3. The zero-order chi connectivity index (χ0) is 28.1. The van der Waals surface area contributed by atoms with Gasteiger partial charge < -0.3 is 25.3 Å². The van der Waals surface area contributed by atoms with Crippen molar-refractivity contribution in [1.82, 2.24) is 20.1 Å². The third-order valence-electron chi connectivity index (χ3n) is 7.07. The lowest BCUT2D eigenvalue weighted by Crippen LogP contribution is -2.46. The average molecular weight is 549 g/mol. The summed E-state index contributed by atoms with van der Waals surface area (Å²) in [5, 5.41) is 5.99. The molecule has 2 aromatic carbocycles. The maximum atomic E-state index is 13.8. The van der Waals surface area contributed by atoms with Gasteiger partial charge in [-0.05, 0) is 48.9 Å². The van der Waals surface area contributed by atoms with Gasteiger partial charge >= 0.3 is 0 Å². The molecule has 11 heteroatoms. The Morgan fingerprint density at radius 1 is 0.725 bits per heavy atom. The van der Waals surface area contributed by atoms with Crippen LogP contribution < -0.4 is 15.5 Å². The zero-order valence-corrected chi connectivity index (χ0v) is 21.9. The first-order valence-corrected chi connectivity index (χ1v) is 13.2. The van der Waals surface area contributed by atoms with Crippen LogP contribution in [-0.2, 0) is 0 Å². The predicted molar refractivity (Wildman–Crippen MR) is 146 cm³/mol. The fourth-order valence-corrected chi connectivity index (χ4v) is 5.01. The Morgan fingerprint density at radius 3 is 2.12 bits per heavy atom. The number of pyridine rings is 1. The molecular formula is C29H30F2N6O3. The van der Waals surface area contributed by atoms with Gasteiger partial charge in [-0.25, -0.2) is 8.78 Å². The molecule has 3 amide bonds. The van der Waals surface area contributed by atoms with Crippen LogP contribution >= 0.6 is 0 Å². The summed E-state index contributed by atoms with van der Waals surface area (Å²) in [6.07, 6.45) is 3.85. The predicted octanol–water partition coefficient (Wildman–Crippen LogP) is 3.01. The third-order valence-corrected chi connectivity index (χ3v) is 7.07. The highest BCUT2D eigenvalue weighted by atomic mass is 19.1. The molecule has 0 spiro atoms. The quantitative estimate of drug-likeness (QED) is 0.509. The largest absolute Gasteiger partial charge is 0.368 e. The van der Waals surface area contributed by atoms with Crippen molar-refractivity contribution in [3.05, 3.63) is 89.2 Å². The number of benzene rings is 2. The number of halogens is 2. The second kappa shape index (κ2) is 12.2. The van der Waals surface area contributed by atoms with Crippen molar-refractivity contribution in [3.8, 4) is 0 Å². The van der Waals surface area contributed by atoms with E-state index in [1.54, 1.807) is 52.5 Å². The number of aromatic nitrogens is 1. The SMILES string of the molecule is O=C(Nc1cc(C(=O)N2CCNCC2)ccc1N1CCCN(C(=O)c2ccncc2)CC1)c1cc(F)cc(F)c1. The van der Waals surface area contributed by atoms with E-state index in [0.29, 0.717) is 87.3 Å². The van der Waals surface area contributed by atoms with Crippen molar-refractivity contribution in [3.63, 3.8) is 0 Å². The van der Waals surface area contributed by atoms with Crippen molar-refractivity contribution < 1.29 is 23.2 Å². The Morgan fingerprint density at radius 2 is 1.40 bits per heavy atom. The first kappa shape index (κ1) is 27.2. The fourth-order valence-electron chi connectivity index (χ4n) is 5.01. The van der Waals surface area contributed by atoms with Gasteiger partial charge in [0.25, 0.3) is 17.7 Å². The summed E-state index contributed by atoms with van der Waals surface area (Å²) in [5.74, 6) is -2.66. The van der Waals surface area contributed by atoms with Gasteiger partial charge in [-0.3, -0.25) is 19.4 Å². The Labute approximate surface area is 230 Å². The van der Waals surface area contributed by atoms with E-state index in [1.165, 1.54) is 0 Å². The van der Waals surface area contributed by atoms with Crippen molar-refractivity contribution in [1.29, 1.82) is 0 Å². The standard InChI is InChI=1S/C29H30F2N6O3/c30-23-16-22(17-24(31)19-23)27(38)34-25-18-21(29(40)37-12-8-33-9-13-37)2-3-26(25)35-10-1-11-36(15-14-35)28(39)20-4-6-32-7-5-20/h2-7,16-19,33H,1,8-15H2,(H,34,38). The smallest absolute Gasteiger partial charge is 0.255 e. The minimum Gasteiger partial charge on any atom is -0.368 e. The monoisotopic (exact) mass is 548 g/mol. The first-order chi connectivity index (χ1) is 19.4. The van der Waals surface area contributed by atoms with Crippen LogP contribution in [0.2, 0.25) is 0 Å². The number of hydrogen-bond acceptors (Lipinski definition) is 6. The first-order valence-electron chi connectivity index (χ1n) is 13.2. The number of anilines is 2. The minimum atomic E-state index is -0.862. The maximum absolute atomic E-state index is 13.8. The molecule has 1 aromatic heterocycles. The summed E-state index contributed by atoms with van der Waals surface area (Å²) in [4.78, 5) is 48.8. The maximum Gasteiger partial charge on any atom is 0.255 e. The van der Waals surface area contributed by atoms with E-state index in [0.717, 1.165) is 12.1 Å². The van der Waals surface area contributed by atoms with Crippen molar-refractivity contribution in [2.45, 2.75) is 6.42 Å². The van der Waals surface area contributed by atoms with Crippen LogP contribution in [0, 0.1) is 11.6 Å². The van der Waals surface area contributed by atoms with Gasteiger partial charge in [-0.15, -0.1) is 0 Å². The summed E-state index contributed by atoms with van der Waals surface area (Å²) in [5.41, 5.74) is 1.79. The molecule has 0 atom stereocenters. The number of hydrogen-bond donors (Lipinski definition) is 2. The molecule has 2 N–H and O–H groups in total. The molecule has 3 aromatic rings. The van der Waals surface area contributed by atoms with Crippen LogP contribution in [0.15, 0.2) is 60.9 Å². The van der Waals surface area contributed by atoms with E-state index in [9.17, 15) is 23.2 Å². The van der Waals surface area contributed by atoms with Gasteiger partial charge in [-0.1, -0.05) is 0 Å². The molecule has 2 saturated heterocycles. The molecule has 40 heavy (non-hydrogen) atoms. The number of carbonyl (C=O) groups excluding carboxylic acids is 3. The molecule has 2 aliphatic heterocycles. The van der Waals surface area contributed by atoms with Gasteiger partial charge in [0.05, 0.1) is 11.4 Å². The van der Waals surface area contributed by atoms with Crippen molar-refractivity contribution in [2.75, 3.05) is 62.6 Å². The summed E-state index contributed by atoms with van der Waals surface area (Å²) in [6.45, 7) is 4.62. The molecule has 0 aliphatic carbocycles. The molecular weight excluding hydrogens is 518 g/mol. The van der Waals surface area contributed by atoms with Crippen molar-refractivity contribution in [2.24, 2.45) is 0 Å². The molecule has 0 unspecified atom stereocenters. The highest BCUT2D eigenvalue weighted by Crippen LogP contribution is 2.30. The summed E-state index contributed by atoms with van der Waals surface area (Å²) >= 11 is 0. The van der Waals surface area contributed by atoms with E-state index in [2.05, 4.69) is 15.6 Å². The van der Waals surface area contributed by atoms with Gasteiger partial charge in [0, 0.05) is 87.5 Å². The Hall–Kier alpha value is -4.38. The van der Waals surface area contributed by atoms with Crippen LogP contribution in [0.25, 0.3) is 0 Å². The summed E-state index contributed by atoms with van der Waals surface area (Å²) in [6, 6.07) is 11.1. The van der Waals surface area contributed by atoms with E-state index in [4.69, 9.17) is 0 Å². The van der Waals surface area contributed by atoms with Crippen LogP contribution in [0.4, 0.5) is 20.2 Å². The van der Waals surface area contributed by atoms with E-state index in [-0.39, 0.29) is 17.4 Å². The summed E-state index contributed by atoms with van der Waals surface area (Å²) < 4.78 is 27.6. The van der Waals surface area contributed by atoms with Crippen LogP contribution in [-0.4, -0.2) is 84.9 Å². The van der Waals surface area contributed by atoms with Gasteiger partial charge in [0.15, 0.2) is 0 Å². The molecule has 208 valence electrons. The van der Waals surface area contributed by atoms with E-state index in [1.807, 2.05) is 4.90 Å². The average Bonchev–Trinajstić information content (AvgIpc) is 3.23. The second-order valence-electron chi connectivity index (χ2n) is 9.76. The van der Waals surface area contributed by atoms with Gasteiger partial charge in [0.2, 0.25) is 0 Å². The highest BCUT2D eigenvalue weighted by Gasteiger charge is 2.25. The lowest BCUT2D eigenvalue weighted by Gasteiger charge is -2.29. The highest BCUT2D eigenvalue weighted by molar-refractivity contribution is 6.07. The topological polar surface area (TPSA) is 97.9 Å². The lowest BCUT2D eigenvalue weighted by molar-refractivity contribution is 0.0734. The molecule has 0 saturated carbocycles. The normalized spacial score (nSPS) is 15.9. The summed E-state index contributed by atoms with van der Waals surface area (Å²) in [7, 11) is 0. The number of nitrogens with one attached hydrogen (secondary N) is 2. The van der Waals surface area contributed by atoms with Crippen molar-refractivity contribution >= 4 is 29.1 Å². The van der Waals surface area contributed by atoms with Gasteiger partial charge in [0.1, 0.15) is 11.6 Å². The number of rotatable bonds is 5. The fraction of sp³-hybridized carbons (Fsp3) is 0.310. The Kier molecular flexibility index (Phi) is 8.30. The molecule has 2 fully saturated rings. The van der Waals surface area contributed by atoms with E-state index >= 15 is 0 Å². The molecule has 0 radical (unpaired) electrons. The number of piperazine rings is 1. The number of nitrogens with zero attached hydrogens (tertiary/aromatic N) is 4. The molecule has 2 aliphatic rings. The van der Waals surface area contributed by atoms with Gasteiger partial charge in [-0.2, -0.15) is 0 Å². The third kappa shape index (κ3) is 6.26.